The average Bonchev–Trinajstić information content (AvgIpc) is 2.96. The molecule has 0 unspecified atom stereocenters. The predicted molar refractivity (Wildman–Crippen MR) is 117 cm³/mol. The Morgan fingerprint density at radius 3 is 2.70 bits per heavy atom. The van der Waals surface area contributed by atoms with Gasteiger partial charge in [0.15, 0.2) is 5.69 Å². The lowest BCUT2D eigenvalue weighted by Crippen LogP contribution is -2.26. The summed E-state index contributed by atoms with van der Waals surface area (Å²) >= 11 is 6.06. The number of aromatic nitrogens is 4. The molecule has 1 aliphatic rings. The van der Waals surface area contributed by atoms with Crippen LogP contribution in [0.5, 0.6) is 0 Å². The third-order valence-corrected chi connectivity index (χ3v) is 5.59. The highest BCUT2D eigenvalue weighted by atomic mass is 35.5. The number of pyridine rings is 1. The summed E-state index contributed by atoms with van der Waals surface area (Å²) < 4.78 is 1.62. The van der Waals surface area contributed by atoms with Crippen molar-refractivity contribution in [2.24, 2.45) is 0 Å². The molecule has 7 nitrogen and oxygen atoms in total. The van der Waals surface area contributed by atoms with Crippen LogP contribution in [0.1, 0.15) is 47.4 Å². The highest BCUT2D eigenvalue weighted by Crippen LogP contribution is 2.19. The first kappa shape index (κ1) is 20.3. The number of halogens is 1. The van der Waals surface area contributed by atoms with Gasteiger partial charge in [-0.15, -0.1) is 5.10 Å². The molecule has 0 radical (unpaired) electrons. The van der Waals surface area contributed by atoms with Crippen LogP contribution in [0.4, 0.5) is 5.82 Å². The molecule has 1 amide bonds. The number of rotatable bonds is 5. The molecule has 1 aromatic carbocycles. The maximum absolute atomic E-state index is 12.7. The number of hydrogen-bond donors (Lipinski definition) is 1. The first-order chi connectivity index (χ1) is 14.6. The first-order valence-corrected chi connectivity index (χ1v) is 10.7. The molecule has 3 aromatic rings. The van der Waals surface area contributed by atoms with E-state index in [4.69, 9.17) is 11.6 Å². The van der Waals surface area contributed by atoms with Gasteiger partial charge in [0, 0.05) is 30.9 Å². The van der Waals surface area contributed by atoms with Crippen molar-refractivity contribution in [2.75, 3.05) is 18.0 Å². The van der Waals surface area contributed by atoms with Gasteiger partial charge in [-0.25, -0.2) is 9.67 Å². The molecule has 4 rings (SSSR count). The molecule has 3 heterocycles. The van der Waals surface area contributed by atoms with Crippen LogP contribution < -0.4 is 10.2 Å². The van der Waals surface area contributed by atoms with Gasteiger partial charge < -0.3 is 10.2 Å². The molecule has 8 heteroatoms. The molecule has 156 valence electrons. The van der Waals surface area contributed by atoms with Crippen molar-refractivity contribution in [3.63, 3.8) is 0 Å². The highest BCUT2D eigenvalue weighted by Gasteiger charge is 2.18. The lowest BCUT2D eigenvalue weighted by molar-refractivity contribution is 0.0945. The largest absolute Gasteiger partial charge is 0.357 e. The number of nitrogens with one attached hydrogen (secondary N) is 1. The Kier molecular flexibility index (Phi) is 6.28. The van der Waals surface area contributed by atoms with Crippen LogP contribution in [-0.2, 0) is 6.54 Å². The van der Waals surface area contributed by atoms with E-state index in [2.05, 4.69) is 31.6 Å². The number of hydrogen-bond acceptors (Lipinski definition) is 5. The maximum atomic E-state index is 12.7. The van der Waals surface area contributed by atoms with Crippen LogP contribution in [0.15, 0.2) is 42.6 Å². The minimum Gasteiger partial charge on any atom is -0.357 e. The highest BCUT2D eigenvalue weighted by molar-refractivity contribution is 6.30. The van der Waals surface area contributed by atoms with E-state index in [0.29, 0.717) is 23.0 Å². The molecule has 30 heavy (non-hydrogen) atoms. The quantitative estimate of drug-likeness (QED) is 0.671. The minimum atomic E-state index is -0.256. The normalized spacial score (nSPS) is 14.4. The van der Waals surface area contributed by atoms with Gasteiger partial charge >= 0.3 is 0 Å². The zero-order valence-corrected chi connectivity index (χ0v) is 17.8. The van der Waals surface area contributed by atoms with Crippen molar-refractivity contribution >= 4 is 23.3 Å². The van der Waals surface area contributed by atoms with Crippen molar-refractivity contribution in [1.82, 2.24) is 25.3 Å². The molecule has 0 bridgehead atoms. The minimum absolute atomic E-state index is 0.256. The Morgan fingerprint density at radius 1 is 1.13 bits per heavy atom. The SMILES string of the molecule is Cc1c(C(=O)NCc2ccnc(N3CCCCCC3)c2)nnn1-c1cccc(Cl)c1. The zero-order chi connectivity index (χ0) is 20.9. The van der Waals surface area contributed by atoms with Gasteiger partial charge in [-0.2, -0.15) is 0 Å². The maximum Gasteiger partial charge on any atom is 0.274 e. The van der Waals surface area contributed by atoms with Crippen LogP contribution >= 0.6 is 11.6 Å². The van der Waals surface area contributed by atoms with Crippen LogP contribution in [0, 0.1) is 6.92 Å². The smallest absolute Gasteiger partial charge is 0.274 e. The molecule has 1 aliphatic heterocycles. The van der Waals surface area contributed by atoms with Crippen LogP contribution in [0.2, 0.25) is 5.02 Å². The molecular weight excluding hydrogens is 400 g/mol. The molecule has 0 spiro atoms. The Labute approximate surface area is 181 Å². The molecule has 1 fully saturated rings. The van der Waals surface area contributed by atoms with E-state index in [1.807, 2.05) is 31.3 Å². The van der Waals surface area contributed by atoms with Gasteiger partial charge in [-0.1, -0.05) is 35.7 Å². The lowest BCUT2D eigenvalue weighted by atomic mass is 10.2. The van der Waals surface area contributed by atoms with Gasteiger partial charge in [-0.05, 0) is 55.7 Å². The van der Waals surface area contributed by atoms with E-state index < -0.39 is 0 Å². The second kappa shape index (κ2) is 9.26. The fourth-order valence-electron chi connectivity index (χ4n) is 3.70. The summed E-state index contributed by atoms with van der Waals surface area (Å²) in [6.07, 6.45) is 6.76. The van der Waals surface area contributed by atoms with E-state index in [-0.39, 0.29) is 5.91 Å². The van der Waals surface area contributed by atoms with Gasteiger partial charge in [0.2, 0.25) is 0 Å². The van der Waals surface area contributed by atoms with Crippen molar-refractivity contribution in [1.29, 1.82) is 0 Å². The van der Waals surface area contributed by atoms with E-state index in [1.54, 1.807) is 16.8 Å². The average molecular weight is 425 g/mol. The second-order valence-corrected chi connectivity index (χ2v) is 7.96. The van der Waals surface area contributed by atoms with Crippen LogP contribution in [-0.4, -0.2) is 39.0 Å². The summed E-state index contributed by atoms with van der Waals surface area (Å²) in [6.45, 7) is 4.30. The summed E-state index contributed by atoms with van der Waals surface area (Å²) in [5.74, 6) is 0.723. The van der Waals surface area contributed by atoms with Crippen LogP contribution in [0.3, 0.4) is 0 Å². The molecule has 0 aliphatic carbocycles. The first-order valence-electron chi connectivity index (χ1n) is 10.3. The zero-order valence-electron chi connectivity index (χ0n) is 17.0. The summed E-state index contributed by atoms with van der Waals surface area (Å²) in [5.41, 5.74) is 2.74. The van der Waals surface area contributed by atoms with Crippen molar-refractivity contribution in [2.45, 2.75) is 39.2 Å². The number of amides is 1. The van der Waals surface area contributed by atoms with Crippen molar-refractivity contribution in [3.05, 3.63) is 64.6 Å². The van der Waals surface area contributed by atoms with E-state index in [1.165, 1.54) is 25.7 Å². The van der Waals surface area contributed by atoms with Gasteiger partial charge in [0.05, 0.1) is 11.4 Å². The van der Waals surface area contributed by atoms with Gasteiger partial charge in [0.25, 0.3) is 5.91 Å². The summed E-state index contributed by atoms with van der Waals surface area (Å²) in [6, 6.07) is 11.3. The summed E-state index contributed by atoms with van der Waals surface area (Å²) in [4.78, 5) is 19.6. The second-order valence-electron chi connectivity index (χ2n) is 7.52. The van der Waals surface area contributed by atoms with Crippen molar-refractivity contribution < 1.29 is 4.79 Å². The van der Waals surface area contributed by atoms with E-state index >= 15 is 0 Å². The van der Waals surface area contributed by atoms with Gasteiger partial charge in [0.1, 0.15) is 5.82 Å². The Balaban J connectivity index is 1.43. The standard InChI is InChI=1S/C22H25ClN6O/c1-16-21(26-27-29(16)19-8-6-7-18(23)14-19)22(30)25-15-17-9-10-24-20(13-17)28-11-4-2-3-5-12-28/h6-10,13-14H,2-5,11-12,15H2,1H3,(H,25,30). The monoisotopic (exact) mass is 424 g/mol. The molecule has 0 atom stereocenters. The van der Waals surface area contributed by atoms with E-state index in [9.17, 15) is 4.79 Å². The summed E-state index contributed by atoms with van der Waals surface area (Å²) in [7, 11) is 0. The van der Waals surface area contributed by atoms with Crippen LogP contribution in [0.25, 0.3) is 5.69 Å². The number of carbonyl (C=O) groups excluding carboxylic acids is 1. The Morgan fingerprint density at radius 2 is 1.93 bits per heavy atom. The molecule has 0 saturated carbocycles. The topological polar surface area (TPSA) is 75.9 Å². The molecule has 1 N–H and O–H groups in total. The molecular formula is C22H25ClN6O. The summed E-state index contributed by atoms with van der Waals surface area (Å²) in [5, 5.41) is 11.7. The predicted octanol–water partition coefficient (Wildman–Crippen LogP) is 3.93. The van der Waals surface area contributed by atoms with E-state index in [0.717, 1.165) is 30.2 Å². The Hall–Kier alpha value is -2.93. The Bertz CT molecular complexity index is 1030. The third kappa shape index (κ3) is 4.62. The number of anilines is 1. The number of benzene rings is 1. The van der Waals surface area contributed by atoms with Gasteiger partial charge in [-0.3, -0.25) is 4.79 Å². The third-order valence-electron chi connectivity index (χ3n) is 5.36. The number of nitrogens with zero attached hydrogens (tertiary/aromatic N) is 5. The number of carbonyl (C=O) groups is 1. The van der Waals surface area contributed by atoms with Crippen molar-refractivity contribution in [3.8, 4) is 5.69 Å². The fourth-order valence-corrected chi connectivity index (χ4v) is 3.89. The fraction of sp³-hybridized carbons (Fsp3) is 0.364. The lowest BCUT2D eigenvalue weighted by Gasteiger charge is -2.21. The molecule has 2 aromatic heterocycles. The molecule has 1 saturated heterocycles.